The molecule has 0 spiro atoms. The number of rotatable bonds is 6. The minimum atomic E-state index is -0.294. The Hall–Kier alpha value is -2.82. The quantitative estimate of drug-likeness (QED) is 0.723. The Morgan fingerprint density at radius 3 is 2.72 bits per heavy atom. The molecule has 4 nitrogen and oxygen atoms in total. The predicted octanol–water partition coefficient (Wildman–Crippen LogP) is 3.41. The molecule has 0 saturated carbocycles. The summed E-state index contributed by atoms with van der Waals surface area (Å²) in [6.07, 6.45) is 0.240. The molecule has 3 aromatic rings. The van der Waals surface area contributed by atoms with E-state index in [0.717, 1.165) is 34.4 Å². The molecular weight excluding hydrogens is 317 g/mol. The summed E-state index contributed by atoms with van der Waals surface area (Å²) in [5, 5.41) is 3.71. The number of likely N-dealkylation sites (N-methyl/N-ethyl adjacent to an activating group) is 1. The standard InChI is InChI=1S/C20H22FN3O/c1-14-17(18-12-15(21)8-9-19(18)23-14)13-20(25)22-10-11-24(2)16-6-4-3-5-7-16/h3-9,12,23H,10-11,13H2,1-2H3,(H,22,25). The van der Waals surface area contributed by atoms with Crippen LogP contribution in [0.2, 0.25) is 0 Å². The van der Waals surface area contributed by atoms with Gasteiger partial charge in [-0.15, -0.1) is 0 Å². The highest BCUT2D eigenvalue weighted by Gasteiger charge is 2.13. The summed E-state index contributed by atoms with van der Waals surface area (Å²) in [7, 11) is 1.99. The lowest BCUT2D eigenvalue weighted by Crippen LogP contribution is -2.33. The van der Waals surface area contributed by atoms with E-state index in [4.69, 9.17) is 0 Å². The molecule has 1 heterocycles. The third kappa shape index (κ3) is 3.99. The monoisotopic (exact) mass is 339 g/mol. The van der Waals surface area contributed by atoms with Crippen LogP contribution < -0.4 is 10.2 Å². The summed E-state index contributed by atoms with van der Waals surface area (Å²) in [4.78, 5) is 17.6. The number of hydrogen-bond acceptors (Lipinski definition) is 2. The Morgan fingerprint density at radius 2 is 1.96 bits per heavy atom. The molecule has 0 aliphatic carbocycles. The number of amides is 1. The topological polar surface area (TPSA) is 48.1 Å². The number of aromatic amines is 1. The van der Waals surface area contributed by atoms with Crippen molar-refractivity contribution in [3.8, 4) is 0 Å². The molecule has 1 aromatic heterocycles. The molecule has 0 unspecified atom stereocenters. The van der Waals surface area contributed by atoms with Gasteiger partial charge in [0.2, 0.25) is 5.91 Å². The number of anilines is 1. The predicted molar refractivity (Wildman–Crippen MR) is 99.4 cm³/mol. The highest BCUT2D eigenvalue weighted by molar-refractivity contribution is 5.90. The summed E-state index contributed by atoms with van der Waals surface area (Å²) in [5.74, 6) is -0.354. The van der Waals surface area contributed by atoms with Crippen molar-refractivity contribution in [2.45, 2.75) is 13.3 Å². The maximum absolute atomic E-state index is 13.5. The zero-order valence-electron chi connectivity index (χ0n) is 14.5. The smallest absolute Gasteiger partial charge is 0.224 e. The third-order valence-electron chi connectivity index (χ3n) is 4.39. The highest BCUT2D eigenvalue weighted by atomic mass is 19.1. The van der Waals surface area contributed by atoms with Crippen molar-refractivity contribution in [2.24, 2.45) is 0 Å². The van der Waals surface area contributed by atoms with Crippen LogP contribution in [0.4, 0.5) is 10.1 Å². The molecule has 0 bridgehead atoms. The van der Waals surface area contributed by atoms with Crippen molar-refractivity contribution in [2.75, 3.05) is 25.0 Å². The second kappa shape index (κ2) is 7.38. The Bertz CT molecular complexity index is 873. The summed E-state index contributed by atoms with van der Waals surface area (Å²) < 4.78 is 13.5. The van der Waals surface area contributed by atoms with Gasteiger partial charge in [0.15, 0.2) is 0 Å². The van der Waals surface area contributed by atoms with Gasteiger partial charge in [0.05, 0.1) is 6.42 Å². The maximum Gasteiger partial charge on any atom is 0.224 e. The molecule has 0 fully saturated rings. The second-order valence-corrected chi connectivity index (χ2v) is 6.20. The van der Waals surface area contributed by atoms with Crippen LogP contribution in [0, 0.1) is 12.7 Å². The average Bonchev–Trinajstić information content (AvgIpc) is 2.91. The van der Waals surface area contributed by atoms with Gasteiger partial charge >= 0.3 is 0 Å². The van der Waals surface area contributed by atoms with Crippen LogP contribution in [0.25, 0.3) is 10.9 Å². The average molecular weight is 339 g/mol. The minimum Gasteiger partial charge on any atom is -0.373 e. The van der Waals surface area contributed by atoms with E-state index in [1.54, 1.807) is 6.07 Å². The van der Waals surface area contributed by atoms with Crippen molar-refractivity contribution in [3.63, 3.8) is 0 Å². The number of aromatic nitrogens is 1. The number of nitrogens with zero attached hydrogens (tertiary/aromatic N) is 1. The molecule has 0 radical (unpaired) electrons. The Balaban J connectivity index is 1.58. The zero-order chi connectivity index (χ0) is 17.8. The van der Waals surface area contributed by atoms with Crippen LogP contribution in [-0.4, -0.2) is 31.0 Å². The van der Waals surface area contributed by atoms with Crippen molar-refractivity contribution < 1.29 is 9.18 Å². The van der Waals surface area contributed by atoms with E-state index in [9.17, 15) is 9.18 Å². The molecule has 0 aliphatic heterocycles. The summed E-state index contributed by atoms with van der Waals surface area (Å²) >= 11 is 0. The summed E-state index contributed by atoms with van der Waals surface area (Å²) in [6, 6.07) is 14.6. The number of carbonyl (C=O) groups is 1. The van der Waals surface area contributed by atoms with E-state index >= 15 is 0 Å². The highest BCUT2D eigenvalue weighted by Crippen LogP contribution is 2.23. The number of halogens is 1. The third-order valence-corrected chi connectivity index (χ3v) is 4.39. The Kier molecular flexibility index (Phi) is 5.03. The van der Waals surface area contributed by atoms with Crippen molar-refractivity contribution >= 4 is 22.5 Å². The number of benzene rings is 2. The lowest BCUT2D eigenvalue weighted by Gasteiger charge is -2.19. The molecule has 2 aromatic carbocycles. The molecule has 0 aliphatic rings. The fraction of sp³-hybridized carbons (Fsp3) is 0.250. The van der Waals surface area contributed by atoms with Gasteiger partial charge in [0, 0.05) is 42.4 Å². The first-order valence-electron chi connectivity index (χ1n) is 8.34. The molecule has 5 heteroatoms. The SMILES string of the molecule is Cc1[nH]c2ccc(F)cc2c1CC(=O)NCCN(C)c1ccccc1. The molecule has 3 rings (SSSR count). The summed E-state index contributed by atoms with van der Waals surface area (Å²) in [6.45, 7) is 3.18. The van der Waals surface area contributed by atoms with Gasteiger partial charge in [0.25, 0.3) is 0 Å². The Morgan fingerprint density at radius 1 is 1.20 bits per heavy atom. The maximum atomic E-state index is 13.5. The van der Waals surface area contributed by atoms with Gasteiger partial charge in [-0.3, -0.25) is 4.79 Å². The van der Waals surface area contributed by atoms with E-state index in [2.05, 4.69) is 15.2 Å². The number of H-pyrrole nitrogens is 1. The number of carbonyl (C=O) groups excluding carboxylic acids is 1. The zero-order valence-corrected chi connectivity index (χ0v) is 14.5. The van der Waals surface area contributed by atoms with Crippen LogP contribution in [0.3, 0.4) is 0 Å². The van der Waals surface area contributed by atoms with Gasteiger partial charge < -0.3 is 15.2 Å². The molecule has 2 N–H and O–H groups in total. The molecule has 0 saturated heterocycles. The number of para-hydroxylation sites is 1. The number of nitrogens with one attached hydrogen (secondary N) is 2. The normalized spacial score (nSPS) is 10.8. The van der Waals surface area contributed by atoms with Crippen LogP contribution in [0.15, 0.2) is 48.5 Å². The second-order valence-electron chi connectivity index (χ2n) is 6.20. The first kappa shape index (κ1) is 17.0. The van der Waals surface area contributed by atoms with Gasteiger partial charge in [-0.2, -0.15) is 0 Å². The van der Waals surface area contributed by atoms with E-state index in [0.29, 0.717) is 6.54 Å². The van der Waals surface area contributed by atoms with Gasteiger partial charge in [0.1, 0.15) is 5.82 Å². The van der Waals surface area contributed by atoms with Crippen LogP contribution >= 0.6 is 0 Å². The lowest BCUT2D eigenvalue weighted by atomic mass is 10.1. The van der Waals surface area contributed by atoms with Crippen molar-refractivity contribution in [1.29, 1.82) is 0 Å². The number of aryl methyl sites for hydroxylation is 1. The molecule has 130 valence electrons. The summed E-state index contributed by atoms with van der Waals surface area (Å²) in [5.41, 5.74) is 3.71. The molecular formula is C20H22FN3O. The van der Waals surface area contributed by atoms with Crippen molar-refractivity contribution in [3.05, 3.63) is 65.6 Å². The van der Waals surface area contributed by atoms with Gasteiger partial charge in [-0.25, -0.2) is 4.39 Å². The van der Waals surface area contributed by atoms with E-state index in [1.165, 1.54) is 12.1 Å². The minimum absolute atomic E-state index is 0.0604. The van der Waals surface area contributed by atoms with Crippen LogP contribution in [-0.2, 0) is 11.2 Å². The van der Waals surface area contributed by atoms with Crippen molar-refractivity contribution in [1.82, 2.24) is 10.3 Å². The van der Waals surface area contributed by atoms with Gasteiger partial charge in [-0.05, 0) is 42.8 Å². The first-order valence-corrected chi connectivity index (χ1v) is 8.34. The van der Waals surface area contributed by atoms with E-state index in [1.807, 2.05) is 44.3 Å². The van der Waals surface area contributed by atoms with Crippen LogP contribution in [0.5, 0.6) is 0 Å². The first-order chi connectivity index (χ1) is 12.0. The molecule has 0 atom stereocenters. The van der Waals surface area contributed by atoms with Crippen LogP contribution in [0.1, 0.15) is 11.3 Å². The number of hydrogen-bond donors (Lipinski definition) is 2. The van der Waals surface area contributed by atoms with E-state index in [-0.39, 0.29) is 18.1 Å². The fourth-order valence-corrected chi connectivity index (χ4v) is 2.98. The van der Waals surface area contributed by atoms with E-state index < -0.39 is 0 Å². The Labute approximate surface area is 146 Å². The lowest BCUT2D eigenvalue weighted by molar-refractivity contribution is -0.120. The molecule has 1 amide bonds. The van der Waals surface area contributed by atoms with Gasteiger partial charge in [-0.1, -0.05) is 18.2 Å². The molecule has 25 heavy (non-hydrogen) atoms. The fourth-order valence-electron chi connectivity index (χ4n) is 2.98. The largest absolute Gasteiger partial charge is 0.373 e. The number of fused-ring (bicyclic) bond motifs is 1.